The van der Waals surface area contributed by atoms with E-state index in [2.05, 4.69) is 0 Å². The fourth-order valence-corrected chi connectivity index (χ4v) is 2.05. The molecule has 74 valence electrons. The fraction of sp³-hybridized carbons (Fsp3) is 0.364. The number of aliphatic hydroxyl groups is 1. The Hall–Kier alpha value is -1.22. The molecule has 3 heteroatoms. The summed E-state index contributed by atoms with van der Waals surface area (Å²) in [6.45, 7) is 0. The maximum Gasteiger partial charge on any atom is 0.123 e. The van der Waals surface area contributed by atoms with Crippen LogP contribution in [-0.4, -0.2) is 11.4 Å². The summed E-state index contributed by atoms with van der Waals surface area (Å²) in [6, 6.07) is 4.32. The van der Waals surface area contributed by atoms with Crippen molar-refractivity contribution in [1.82, 2.24) is 0 Å². The number of aldehydes is 1. The Balaban J connectivity index is 2.44. The quantitative estimate of drug-likeness (QED) is 0.725. The largest absolute Gasteiger partial charge is 0.385 e. The van der Waals surface area contributed by atoms with E-state index >= 15 is 0 Å². The molecule has 0 heterocycles. The molecule has 1 unspecified atom stereocenters. The summed E-state index contributed by atoms with van der Waals surface area (Å²) in [5.41, 5.74) is 0.450. The lowest BCUT2D eigenvalue weighted by Crippen LogP contribution is -2.22. The third-order valence-corrected chi connectivity index (χ3v) is 2.80. The van der Waals surface area contributed by atoms with Gasteiger partial charge >= 0.3 is 0 Å². The summed E-state index contributed by atoms with van der Waals surface area (Å²) in [4.78, 5) is 10.4. The van der Waals surface area contributed by atoms with E-state index in [1.165, 1.54) is 12.1 Å². The van der Waals surface area contributed by atoms with Gasteiger partial charge in [-0.2, -0.15) is 0 Å². The van der Waals surface area contributed by atoms with Gasteiger partial charge in [0.15, 0.2) is 0 Å². The van der Waals surface area contributed by atoms with Gasteiger partial charge < -0.3 is 9.90 Å². The van der Waals surface area contributed by atoms with E-state index in [4.69, 9.17) is 0 Å². The van der Waals surface area contributed by atoms with Crippen molar-refractivity contribution in [1.29, 1.82) is 0 Å². The lowest BCUT2D eigenvalue weighted by atomic mass is 9.93. The van der Waals surface area contributed by atoms with Crippen LogP contribution < -0.4 is 0 Å². The second-order valence-corrected chi connectivity index (χ2v) is 3.70. The zero-order valence-electron chi connectivity index (χ0n) is 7.66. The highest BCUT2D eigenvalue weighted by Crippen LogP contribution is 2.38. The standard InChI is InChI=1S/C11H11FO2/c12-9-1-2-10-8(7-9)3-4-11(10,14)5-6-13/h1-2,6-7,14H,3-5H2. The minimum Gasteiger partial charge on any atom is -0.385 e. The molecule has 1 aromatic carbocycles. The van der Waals surface area contributed by atoms with Gasteiger partial charge in [-0.25, -0.2) is 4.39 Å². The zero-order valence-corrected chi connectivity index (χ0v) is 7.66. The number of aryl methyl sites for hydroxylation is 1. The van der Waals surface area contributed by atoms with Gasteiger partial charge in [-0.05, 0) is 36.1 Å². The molecule has 0 saturated carbocycles. The molecule has 0 fully saturated rings. The molecule has 2 rings (SSSR count). The Morgan fingerprint density at radius 1 is 1.57 bits per heavy atom. The Morgan fingerprint density at radius 2 is 2.36 bits per heavy atom. The topological polar surface area (TPSA) is 37.3 Å². The zero-order chi connectivity index (χ0) is 10.2. The molecule has 1 aliphatic rings. The first-order valence-corrected chi connectivity index (χ1v) is 4.61. The van der Waals surface area contributed by atoms with Crippen LogP contribution in [0.25, 0.3) is 0 Å². The molecule has 14 heavy (non-hydrogen) atoms. The molecule has 0 saturated heterocycles. The van der Waals surface area contributed by atoms with E-state index in [0.717, 1.165) is 5.56 Å². The highest BCUT2D eigenvalue weighted by molar-refractivity contribution is 5.54. The number of rotatable bonds is 2. The van der Waals surface area contributed by atoms with Gasteiger partial charge in [0.25, 0.3) is 0 Å². The third kappa shape index (κ3) is 1.34. The van der Waals surface area contributed by atoms with Crippen molar-refractivity contribution < 1.29 is 14.3 Å². The van der Waals surface area contributed by atoms with Gasteiger partial charge in [0.2, 0.25) is 0 Å². The van der Waals surface area contributed by atoms with Crippen LogP contribution in [-0.2, 0) is 16.8 Å². The van der Waals surface area contributed by atoms with Crippen LogP contribution in [0.4, 0.5) is 4.39 Å². The molecule has 2 nitrogen and oxygen atoms in total. The predicted octanol–water partition coefficient (Wildman–Crippen LogP) is 1.55. The predicted molar refractivity (Wildman–Crippen MR) is 49.3 cm³/mol. The number of hydrogen-bond donors (Lipinski definition) is 1. The second kappa shape index (κ2) is 3.17. The van der Waals surface area contributed by atoms with Crippen molar-refractivity contribution in [3.63, 3.8) is 0 Å². The SMILES string of the molecule is O=CCC1(O)CCc2cc(F)ccc21. The Kier molecular flexibility index (Phi) is 2.11. The number of benzene rings is 1. The number of halogens is 1. The molecule has 1 N–H and O–H groups in total. The summed E-state index contributed by atoms with van der Waals surface area (Å²) in [5, 5.41) is 10.1. The summed E-state index contributed by atoms with van der Waals surface area (Å²) in [7, 11) is 0. The van der Waals surface area contributed by atoms with E-state index in [9.17, 15) is 14.3 Å². The van der Waals surface area contributed by atoms with Crippen LogP contribution in [0, 0.1) is 5.82 Å². The average Bonchev–Trinajstić information content (AvgIpc) is 2.44. The van der Waals surface area contributed by atoms with Gasteiger partial charge in [-0.3, -0.25) is 0 Å². The second-order valence-electron chi connectivity index (χ2n) is 3.70. The van der Waals surface area contributed by atoms with E-state index < -0.39 is 5.60 Å². The van der Waals surface area contributed by atoms with Crippen molar-refractivity contribution in [3.05, 3.63) is 35.1 Å². The maximum absolute atomic E-state index is 12.8. The van der Waals surface area contributed by atoms with E-state index in [1.54, 1.807) is 6.07 Å². The molecule has 0 bridgehead atoms. The number of carbonyl (C=O) groups is 1. The monoisotopic (exact) mass is 194 g/mol. The third-order valence-electron chi connectivity index (χ3n) is 2.80. The van der Waals surface area contributed by atoms with Crippen LogP contribution in [0.5, 0.6) is 0 Å². The molecule has 0 radical (unpaired) electrons. The molecule has 0 spiro atoms. The van der Waals surface area contributed by atoms with Crippen molar-refractivity contribution >= 4 is 6.29 Å². The maximum atomic E-state index is 12.8. The fourth-order valence-electron chi connectivity index (χ4n) is 2.05. The molecule has 0 amide bonds. The highest BCUT2D eigenvalue weighted by atomic mass is 19.1. The first-order chi connectivity index (χ1) is 6.65. The molecular formula is C11H11FO2. The molecular weight excluding hydrogens is 183 g/mol. The molecule has 1 aromatic rings. The van der Waals surface area contributed by atoms with Crippen molar-refractivity contribution in [3.8, 4) is 0 Å². The van der Waals surface area contributed by atoms with Gasteiger partial charge in [0, 0.05) is 6.42 Å². The van der Waals surface area contributed by atoms with Crippen LogP contribution in [0.15, 0.2) is 18.2 Å². The molecule has 0 aliphatic heterocycles. The van der Waals surface area contributed by atoms with Gasteiger partial charge in [0.1, 0.15) is 12.1 Å². The highest BCUT2D eigenvalue weighted by Gasteiger charge is 2.36. The Bertz CT molecular complexity index is 376. The van der Waals surface area contributed by atoms with Crippen molar-refractivity contribution in [2.45, 2.75) is 24.9 Å². The summed E-state index contributed by atoms with van der Waals surface area (Å²) in [5.74, 6) is -0.292. The van der Waals surface area contributed by atoms with Gasteiger partial charge in [-0.1, -0.05) is 6.07 Å². The Morgan fingerprint density at radius 3 is 3.07 bits per heavy atom. The summed E-state index contributed by atoms with van der Waals surface area (Å²) < 4.78 is 12.8. The van der Waals surface area contributed by atoms with E-state index in [0.29, 0.717) is 24.7 Å². The molecule has 1 aliphatic carbocycles. The lowest BCUT2D eigenvalue weighted by Gasteiger charge is -2.20. The average molecular weight is 194 g/mol. The van der Waals surface area contributed by atoms with Gasteiger partial charge in [0.05, 0.1) is 5.60 Å². The van der Waals surface area contributed by atoms with Crippen LogP contribution >= 0.6 is 0 Å². The normalized spacial score (nSPS) is 24.7. The lowest BCUT2D eigenvalue weighted by molar-refractivity contribution is -0.112. The number of carbonyl (C=O) groups excluding carboxylic acids is 1. The number of hydrogen-bond acceptors (Lipinski definition) is 2. The smallest absolute Gasteiger partial charge is 0.123 e. The van der Waals surface area contributed by atoms with E-state index in [-0.39, 0.29) is 12.2 Å². The minimum absolute atomic E-state index is 0.0889. The summed E-state index contributed by atoms with van der Waals surface area (Å²) in [6.07, 6.45) is 1.94. The summed E-state index contributed by atoms with van der Waals surface area (Å²) >= 11 is 0. The van der Waals surface area contributed by atoms with Crippen LogP contribution in [0.1, 0.15) is 24.0 Å². The van der Waals surface area contributed by atoms with E-state index in [1.807, 2.05) is 0 Å². The van der Waals surface area contributed by atoms with Crippen molar-refractivity contribution in [2.75, 3.05) is 0 Å². The molecule has 1 atom stereocenters. The van der Waals surface area contributed by atoms with Crippen LogP contribution in [0.3, 0.4) is 0 Å². The van der Waals surface area contributed by atoms with Crippen molar-refractivity contribution in [2.24, 2.45) is 0 Å². The minimum atomic E-state index is -1.06. The van der Waals surface area contributed by atoms with Crippen LogP contribution in [0.2, 0.25) is 0 Å². The first-order valence-electron chi connectivity index (χ1n) is 4.61. The Labute approximate surface area is 81.4 Å². The molecule has 0 aromatic heterocycles. The van der Waals surface area contributed by atoms with Gasteiger partial charge in [-0.15, -0.1) is 0 Å². The number of fused-ring (bicyclic) bond motifs is 1. The first kappa shape index (κ1) is 9.34.